The van der Waals surface area contributed by atoms with Crippen molar-refractivity contribution >= 4 is 0 Å². The highest BCUT2D eigenvalue weighted by atomic mass is 19.3. The van der Waals surface area contributed by atoms with E-state index < -0.39 is 72.3 Å². The van der Waals surface area contributed by atoms with Crippen molar-refractivity contribution in [3.05, 3.63) is 35.4 Å². The van der Waals surface area contributed by atoms with E-state index in [4.69, 9.17) is 38.5 Å². The molecule has 1 aromatic carbocycles. The second-order valence-electron chi connectivity index (χ2n) is 18.3. The molecule has 11 rings (SSSR count). The van der Waals surface area contributed by atoms with Crippen LogP contribution in [0.3, 0.4) is 0 Å². The van der Waals surface area contributed by atoms with Crippen LogP contribution in [0.25, 0.3) is 0 Å². The zero-order valence-corrected chi connectivity index (χ0v) is 31.1. The minimum atomic E-state index is -3.33. The van der Waals surface area contributed by atoms with Crippen molar-refractivity contribution < 1.29 is 56.1 Å². The Bertz CT molecular complexity index is 1420. The maximum absolute atomic E-state index is 16.1. The number of fused-ring (bicyclic) bond motifs is 4. The molecule has 290 valence electrons. The van der Waals surface area contributed by atoms with Gasteiger partial charge in [0.15, 0.2) is 23.8 Å². The highest BCUT2D eigenvalue weighted by molar-refractivity contribution is 5.29. The monoisotopic (exact) mass is 738 g/mol. The first kappa shape index (κ1) is 36.3. The topological polar surface area (TPSA) is 73.8 Å². The molecule has 2 saturated carbocycles. The van der Waals surface area contributed by atoms with Crippen LogP contribution >= 0.6 is 0 Å². The second-order valence-corrected chi connectivity index (χ2v) is 18.3. The normalized spacial score (nSPS) is 51.3. The number of halogens is 4. The van der Waals surface area contributed by atoms with E-state index in [9.17, 15) is 0 Å². The third-order valence-corrected chi connectivity index (χ3v) is 15.2. The first-order valence-electron chi connectivity index (χ1n) is 19.8. The molecule has 0 radical (unpaired) electrons. The summed E-state index contributed by atoms with van der Waals surface area (Å²) in [5.41, 5.74) is -2.34. The van der Waals surface area contributed by atoms with Gasteiger partial charge in [0.2, 0.25) is 11.6 Å². The summed E-state index contributed by atoms with van der Waals surface area (Å²) in [6, 6.07) is 4.52. The molecule has 8 nitrogen and oxygen atoms in total. The Morgan fingerprint density at radius 1 is 0.558 bits per heavy atom. The zero-order chi connectivity index (χ0) is 36.6. The lowest BCUT2D eigenvalue weighted by Gasteiger charge is -2.60. The predicted molar refractivity (Wildman–Crippen MR) is 177 cm³/mol. The van der Waals surface area contributed by atoms with E-state index in [0.29, 0.717) is 24.7 Å². The molecule has 0 N–H and O–H groups in total. The lowest BCUT2D eigenvalue weighted by atomic mass is 9.57. The minimum absolute atomic E-state index is 0.0837. The fourth-order valence-electron chi connectivity index (χ4n) is 12.1. The van der Waals surface area contributed by atoms with Crippen molar-refractivity contribution in [2.45, 2.75) is 165 Å². The number of hydrogen-bond acceptors (Lipinski definition) is 8. The Morgan fingerprint density at radius 2 is 0.942 bits per heavy atom. The van der Waals surface area contributed by atoms with E-state index in [0.717, 1.165) is 62.8 Å². The van der Waals surface area contributed by atoms with Gasteiger partial charge < -0.3 is 18.9 Å². The summed E-state index contributed by atoms with van der Waals surface area (Å²) in [6.45, 7) is 11.9. The molecule has 16 atom stereocenters. The number of hydrogen-bond donors (Lipinski definition) is 0. The van der Waals surface area contributed by atoms with Crippen molar-refractivity contribution in [1.29, 1.82) is 0 Å². The first-order chi connectivity index (χ1) is 24.5. The van der Waals surface area contributed by atoms with Crippen molar-refractivity contribution in [3.8, 4) is 0 Å². The summed E-state index contributed by atoms with van der Waals surface area (Å²) in [5.74, 6) is -8.39. The molecule has 10 aliphatic rings. The number of ether oxygens (including phenoxy) is 4. The SMILES string of the molecule is C[C@H]1[C@H](CC(F)(F)c2ccc(C(F)(F)C[C@H]3O[C@H]4O[C@@]5(C)CC[C@H]6[C@H](C)CC[C@@H]([C@H]3C)[C@@]46OO5)cc2)O[C@H]2O[C@@]3(C)CC[C@H]4[C@H](C)CC[C@@H]1[C@@]24OO3. The molecule has 12 heteroatoms. The highest BCUT2D eigenvalue weighted by Gasteiger charge is 2.71. The Hall–Kier alpha value is -1.38. The van der Waals surface area contributed by atoms with Gasteiger partial charge in [0.05, 0.1) is 12.2 Å². The van der Waals surface area contributed by atoms with E-state index in [-0.39, 0.29) is 46.6 Å². The van der Waals surface area contributed by atoms with Crippen LogP contribution in [0.5, 0.6) is 0 Å². The summed E-state index contributed by atoms with van der Waals surface area (Å²) in [5, 5.41) is 0. The molecule has 0 aromatic heterocycles. The fourth-order valence-corrected chi connectivity index (χ4v) is 12.1. The van der Waals surface area contributed by atoms with E-state index in [2.05, 4.69) is 13.8 Å². The summed E-state index contributed by atoms with van der Waals surface area (Å²) >= 11 is 0. The summed E-state index contributed by atoms with van der Waals surface area (Å²) in [4.78, 5) is 24.0. The zero-order valence-electron chi connectivity index (χ0n) is 31.1. The lowest BCUT2D eigenvalue weighted by Crippen LogP contribution is -2.70. The lowest BCUT2D eigenvalue weighted by molar-refractivity contribution is -0.571. The van der Waals surface area contributed by atoms with Gasteiger partial charge in [-0.2, -0.15) is 0 Å². The van der Waals surface area contributed by atoms with E-state index in [1.807, 2.05) is 13.8 Å². The van der Waals surface area contributed by atoms with Crippen LogP contribution in [-0.2, 0) is 50.3 Å². The average Bonchev–Trinajstić information content (AvgIpc) is 3.47. The molecule has 4 bridgehead atoms. The second kappa shape index (κ2) is 12.1. The van der Waals surface area contributed by atoms with Crippen LogP contribution in [0.1, 0.15) is 117 Å². The van der Waals surface area contributed by atoms with Gasteiger partial charge in [-0.3, -0.25) is 0 Å². The van der Waals surface area contributed by atoms with Crippen molar-refractivity contribution in [3.63, 3.8) is 0 Å². The Kier molecular flexibility index (Phi) is 8.41. The van der Waals surface area contributed by atoms with Gasteiger partial charge >= 0.3 is 0 Å². The Balaban J connectivity index is 0.911. The molecule has 0 amide bonds. The number of benzene rings is 1. The molecule has 10 fully saturated rings. The molecule has 2 spiro atoms. The van der Waals surface area contributed by atoms with Gasteiger partial charge in [-0.05, 0) is 87.9 Å². The van der Waals surface area contributed by atoms with E-state index >= 15 is 17.6 Å². The van der Waals surface area contributed by atoms with Crippen LogP contribution in [0.15, 0.2) is 24.3 Å². The van der Waals surface area contributed by atoms with Gasteiger partial charge in [0, 0.05) is 48.6 Å². The Morgan fingerprint density at radius 3 is 1.33 bits per heavy atom. The van der Waals surface area contributed by atoms with Crippen molar-refractivity contribution in [2.24, 2.45) is 47.3 Å². The molecule has 52 heavy (non-hydrogen) atoms. The van der Waals surface area contributed by atoms with Crippen molar-refractivity contribution in [2.75, 3.05) is 0 Å². The molecular weight excluding hydrogens is 684 g/mol. The van der Waals surface area contributed by atoms with Crippen LogP contribution in [-0.4, -0.2) is 47.6 Å². The van der Waals surface area contributed by atoms with Gasteiger partial charge in [-0.1, -0.05) is 52.0 Å². The molecular formula is C40H54F4O8. The summed E-state index contributed by atoms with van der Waals surface area (Å²) in [7, 11) is 0. The molecule has 8 heterocycles. The highest BCUT2D eigenvalue weighted by Crippen LogP contribution is 2.63. The molecule has 8 aliphatic heterocycles. The average molecular weight is 739 g/mol. The standard InChI is InChI=1S/C40H54F4O8/c1-21-7-13-29-23(3)31(45-33-39(29)27(21)15-17-35(5,47-33)49-51-39)19-37(41,42)25-9-11-26(12-10-25)38(43,44)20-32-24(4)30-14-8-22(2)28-16-18-36(6)48-34(46-32)40(28,30)52-50-36/h9-12,21-24,27-34H,7-8,13-20H2,1-6H3/t21-,22-,23-,24-,27+,28+,29+,30+,31-,32+,33+,34+,35-,36-,39-,40-/m1/s1. The fraction of sp³-hybridized carbons (Fsp3) is 0.850. The first-order valence-corrected chi connectivity index (χ1v) is 19.8. The maximum atomic E-state index is 16.1. The summed E-state index contributed by atoms with van der Waals surface area (Å²) in [6.07, 6.45) is 1.98. The van der Waals surface area contributed by atoms with Gasteiger partial charge in [-0.25, -0.2) is 37.1 Å². The quantitative estimate of drug-likeness (QED) is 0.212. The largest absolute Gasteiger partial charge is 0.346 e. The molecule has 2 aliphatic carbocycles. The van der Waals surface area contributed by atoms with Crippen LogP contribution in [0, 0.1) is 47.3 Å². The maximum Gasteiger partial charge on any atom is 0.275 e. The molecule has 1 aromatic rings. The van der Waals surface area contributed by atoms with Gasteiger partial charge in [0.25, 0.3) is 11.8 Å². The van der Waals surface area contributed by atoms with E-state index in [1.54, 1.807) is 13.8 Å². The van der Waals surface area contributed by atoms with E-state index in [1.165, 1.54) is 0 Å². The third-order valence-electron chi connectivity index (χ3n) is 15.2. The minimum Gasteiger partial charge on any atom is -0.346 e. The Labute approximate surface area is 303 Å². The number of rotatable bonds is 6. The van der Waals surface area contributed by atoms with Crippen molar-refractivity contribution in [1.82, 2.24) is 0 Å². The van der Waals surface area contributed by atoms with Crippen LogP contribution < -0.4 is 0 Å². The number of alkyl halides is 4. The van der Waals surface area contributed by atoms with Gasteiger partial charge in [0.1, 0.15) is 0 Å². The van der Waals surface area contributed by atoms with Crippen LogP contribution in [0.2, 0.25) is 0 Å². The third kappa shape index (κ3) is 5.27. The molecule has 0 unspecified atom stereocenters. The molecule has 8 saturated heterocycles. The summed E-state index contributed by atoms with van der Waals surface area (Å²) < 4.78 is 90.1. The van der Waals surface area contributed by atoms with Crippen LogP contribution in [0.4, 0.5) is 17.6 Å². The van der Waals surface area contributed by atoms with Gasteiger partial charge in [-0.15, -0.1) is 0 Å². The smallest absolute Gasteiger partial charge is 0.275 e. The predicted octanol–water partition coefficient (Wildman–Crippen LogP) is 9.15.